The van der Waals surface area contributed by atoms with Gasteiger partial charge in [0.2, 0.25) is 0 Å². The number of para-hydroxylation sites is 2. The maximum atomic E-state index is 13.1. The second kappa shape index (κ2) is 10.2. The van der Waals surface area contributed by atoms with E-state index in [-0.39, 0.29) is 5.78 Å². The first kappa shape index (κ1) is 21.8. The van der Waals surface area contributed by atoms with Gasteiger partial charge < -0.3 is 4.74 Å². The number of allylic oxidation sites excluding steroid dienone is 1. The van der Waals surface area contributed by atoms with Crippen LogP contribution in [0.25, 0.3) is 6.08 Å². The molecule has 0 fully saturated rings. The van der Waals surface area contributed by atoms with Crippen molar-refractivity contribution in [3.63, 3.8) is 0 Å². The average Bonchev–Trinajstić information content (AvgIpc) is 2.85. The van der Waals surface area contributed by atoms with Gasteiger partial charge in [-0.3, -0.25) is 4.79 Å². The van der Waals surface area contributed by atoms with Crippen LogP contribution < -0.4 is 9.64 Å². The normalized spacial score (nSPS) is 10.7. The molecule has 0 aromatic heterocycles. The van der Waals surface area contributed by atoms with E-state index >= 15 is 0 Å². The minimum absolute atomic E-state index is 0.0864. The Balaban J connectivity index is 1.52. The van der Waals surface area contributed by atoms with E-state index in [9.17, 15) is 9.59 Å². The number of carbonyl (C=O) groups is 2. The fourth-order valence-electron chi connectivity index (χ4n) is 3.33. The van der Waals surface area contributed by atoms with Crippen LogP contribution in [0.1, 0.15) is 21.5 Å². The number of ether oxygens (including phenoxy) is 1. The number of rotatable bonds is 6. The summed E-state index contributed by atoms with van der Waals surface area (Å²) in [6.45, 7) is 1.98. The first-order valence-electron chi connectivity index (χ1n) is 10.6. The van der Waals surface area contributed by atoms with E-state index in [1.807, 2.05) is 97.9 Å². The summed E-state index contributed by atoms with van der Waals surface area (Å²) in [4.78, 5) is 27.1. The number of amides is 1. The highest BCUT2D eigenvalue weighted by atomic mass is 16.6. The van der Waals surface area contributed by atoms with Gasteiger partial charge >= 0.3 is 6.09 Å². The van der Waals surface area contributed by atoms with E-state index < -0.39 is 6.09 Å². The molecule has 0 aliphatic heterocycles. The van der Waals surface area contributed by atoms with Crippen molar-refractivity contribution >= 4 is 29.3 Å². The van der Waals surface area contributed by atoms with Gasteiger partial charge in [-0.05, 0) is 55.0 Å². The lowest BCUT2D eigenvalue weighted by Crippen LogP contribution is -2.29. The van der Waals surface area contributed by atoms with Crippen molar-refractivity contribution in [2.45, 2.75) is 6.92 Å². The average molecular weight is 434 g/mol. The molecule has 4 heteroatoms. The zero-order valence-electron chi connectivity index (χ0n) is 18.2. The van der Waals surface area contributed by atoms with Gasteiger partial charge in [0, 0.05) is 5.56 Å². The van der Waals surface area contributed by atoms with Gasteiger partial charge in [0.15, 0.2) is 5.78 Å². The number of benzene rings is 4. The second-order valence-electron chi connectivity index (χ2n) is 7.51. The molecular formula is C29H23NO3. The number of carbonyl (C=O) groups excluding carboxylic acids is 2. The first-order valence-corrected chi connectivity index (χ1v) is 10.6. The third-order valence-corrected chi connectivity index (χ3v) is 5.04. The summed E-state index contributed by atoms with van der Waals surface area (Å²) in [5, 5.41) is 0. The fraction of sp³-hybridized carbons (Fsp3) is 0.0345. The lowest BCUT2D eigenvalue weighted by atomic mass is 10.1. The third kappa shape index (κ3) is 5.63. The lowest BCUT2D eigenvalue weighted by Gasteiger charge is -2.22. The Hall–Kier alpha value is -4.44. The number of nitrogens with zero attached hydrogens (tertiary/aromatic N) is 1. The summed E-state index contributed by atoms with van der Waals surface area (Å²) in [6.07, 6.45) is 2.71. The summed E-state index contributed by atoms with van der Waals surface area (Å²) in [5.74, 6) is 0.304. The van der Waals surface area contributed by atoms with E-state index in [1.165, 1.54) is 11.0 Å². The highest BCUT2D eigenvalue weighted by Crippen LogP contribution is 2.27. The van der Waals surface area contributed by atoms with Crippen LogP contribution >= 0.6 is 0 Å². The van der Waals surface area contributed by atoms with Crippen molar-refractivity contribution in [3.05, 3.63) is 132 Å². The molecule has 0 spiro atoms. The predicted octanol–water partition coefficient (Wildman–Crippen LogP) is 7.23. The molecule has 0 N–H and O–H groups in total. The Kier molecular flexibility index (Phi) is 6.76. The molecule has 0 bridgehead atoms. The zero-order valence-corrected chi connectivity index (χ0v) is 18.2. The van der Waals surface area contributed by atoms with Gasteiger partial charge in [0.25, 0.3) is 0 Å². The van der Waals surface area contributed by atoms with Crippen LogP contribution in [0.3, 0.4) is 0 Å². The molecular weight excluding hydrogens is 410 g/mol. The summed E-state index contributed by atoms with van der Waals surface area (Å²) in [5.41, 5.74) is 3.89. The Morgan fingerprint density at radius 1 is 0.727 bits per heavy atom. The van der Waals surface area contributed by atoms with Crippen LogP contribution in [0, 0.1) is 6.92 Å². The smallest absolute Gasteiger partial charge is 0.410 e. The van der Waals surface area contributed by atoms with E-state index in [0.29, 0.717) is 22.7 Å². The van der Waals surface area contributed by atoms with E-state index in [2.05, 4.69) is 0 Å². The topological polar surface area (TPSA) is 46.6 Å². The summed E-state index contributed by atoms with van der Waals surface area (Å²) < 4.78 is 5.70. The number of aryl methyl sites for hydroxylation is 1. The van der Waals surface area contributed by atoms with E-state index in [1.54, 1.807) is 24.3 Å². The molecule has 0 radical (unpaired) electrons. The van der Waals surface area contributed by atoms with Gasteiger partial charge in [-0.2, -0.15) is 0 Å². The largest absolute Gasteiger partial charge is 0.424 e. The van der Waals surface area contributed by atoms with Crippen LogP contribution in [0.15, 0.2) is 115 Å². The highest BCUT2D eigenvalue weighted by Gasteiger charge is 2.20. The quantitative estimate of drug-likeness (QED) is 0.238. The van der Waals surface area contributed by atoms with E-state index in [4.69, 9.17) is 4.74 Å². The Morgan fingerprint density at radius 3 is 1.94 bits per heavy atom. The molecule has 162 valence electrons. The molecule has 0 aliphatic carbocycles. The van der Waals surface area contributed by atoms with Gasteiger partial charge in [-0.25, -0.2) is 9.69 Å². The van der Waals surface area contributed by atoms with Crippen LogP contribution in [0.4, 0.5) is 16.2 Å². The second-order valence-corrected chi connectivity index (χ2v) is 7.51. The maximum absolute atomic E-state index is 13.1. The molecule has 4 rings (SSSR count). The van der Waals surface area contributed by atoms with Crippen LogP contribution in [-0.4, -0.2) is 11.9 Å². The van der Waals surface area contributed by atoms with Crippen LogP contribution in [-0.2, 0) is 0 Å². The molecule has 0 heterocycles. The van der Waals surface area contributed by atoms with Crippen molar-refractivity contribution in [2.75, 3.05) is 4.90 Å². The predicted molar refractivity (Wildman–Crippen MR) is 132 cm³/mol. The Labute approximate surface area is 193 Å². The minimum Gasteiger partial charge on any atom is -0.410 e. The zero-order chi connectivity index (χ0) is 23.0. The van der Waals surface area contributed by atoms with Gasteiger partial charge in [-0.1, -0.05) is 84.4 Å². The molecule has 0 atom stereocenters. The van der Waals surface area contributed by atoms with Crippen molar-refractivity contribution in [3.8, 4) is 5.75 Å². The fourth-order valence-corrected chi connectivity index (χ4v) is 3.33. The molecule has 33 heavy (non-hydrogen) atoms. The molecule has 4 aromatic rings. The van der Waals surface area contributed by atoms with Crippen molar-refractivity contribution in [1.29, 1.82) is 0 Å². The first-order chi connectivity index (χ1) is 16.1. The Bertz CT molecular complexity index is 1220. The van der Waals surface area contributed by atoms with Gasteiger partial charge in [0.1, 0.15) is 5.75 Å². The number of hydrogen-bond donors (Lipinski definition) is 0. The lowest BCUT2D eigenvalue weighted by molar-refractivity contribution is 0.104. The molecule has 0 aliphatic rings. The van der Waals surface area contributed by atoms with Crippen LogP contribution in [0.5, 0.6) is 5.75 Å². The molecule has 0 unspecified atom stereocenters. The number of hydrogen-bond acceptors (Lipinski definition) is 3. The van der Waals surface area contributed by atoms with Crippen molar-refractivity contribution in [1.82, 2.24) is 0 Å². The summed E-state index contributed by atoms with van der Waals surface area (Å²) in [7, 11) is 0. The summed E-state index contributed by atoms with van der Waals surface area (Å²) >= 11 is 0. The number of ketones is 1. The van der Waals surface area contributed by atoms with Gasteiger partial charge in [0.05, 0.1) is 11.4 Å². The van der Waals surface area contributed by atoms with Gasteiger partial charge in [-0.15, -0.1) is 0 Å². The SMILES string of the molecule is Cc1ccc(C(=O)C=Cc2cccc(OC(=O)N(c3ccccc3)c3ccccc3)c2)cc1. The molecule has 4 nitrogen and oxygen atoms in total. The monoisotopic (exact) mass is 433 g/mol. The Morgan fingerprint density at radius 2 is 1.33 bits per heavy atom. The third-order valence-electron chi connectivity index (χ3n) is 5.04. The molecule has 1 amide bonds. The highest BCUT2D eigenvalue weighted by molar-refractivity contribution is 6.06. The van der Waals surface area contributed by atoms with Crippen molar-refractivity contribution in [2.24, 2.45) is 0 Å². The maximum Gasteiger partial charge on any atom is 0.424 e. The molecule has 0 saturated heterocycles. The minimum atomic E-state index is -0.524. The van der Waals surface area contributed by atoms with E-state index in [0.717, 1.165) is 11.1 Å². The summed E-state index contributed by atoms with van der Waals surface area (Å²) in [6, 6.07) is 33.2. The molecule has 0 saturated carbocycles. The standard InChI is InChI=1S/C29H23NO3/c1-22-15-18-24(19-16-22)28(31)20-17-23-9-8-14-27(21-23)33-29(32)30(25-10-4-2-5-11-25)26-12-6-3-7-13-26/h2-21H,1H3. The van der Waals surface area contributed by atoms with Crippen molar-refractivity contribution < 1.29 is 14.3 Å². The molecule has 4 aromatic carbocycles. The van der Waals surface area contributed by atoms with Crippen LogP contribution in [0.2, 0.25) is 0 Å². The number of anilines is 2.